The molecule has 2 N–H and O–H groups in total. The molecule has 4 bridgehead atoms. The second-order valence-electron chi connectivity index (χ2n) is 16.3. The topological polar surface area (TPSA) is 284 Å². The first-order valence-corrected chi connectivity index (χ1v) is 21.1. The molecule has 0 radical (unpaired) electrons. The molecule has 2 aromatic carbocycles. The van der Waals surface area contributed by atoms with Crippen LogP contribution in [0, 0.1) is 0 Å². The van der Waals surface area contributed by atoms with Gasteiger partial charge in [-0.25, -0.2) is 0 Å². The Balaban J connectivity index is 1.50. The van der Waals surface area contributed by atoms with Gasteiger partial charge in [0.2, 0.25) is 0 Å². The molecule has 2 heterocycles. The summed E-state index contributed by atoms with van der Waals surface area (Å²) in [4.78, 5) is 82.9. The number of carbonyl (C=O) groups excluding carboxylic acids is 6. The SMILES string of the molecule is CC(C(=O)[O-])N1CCN(C(C)C(=O)[O-])Cc2cccc(c2)CN(C(CNCNCC(C(=O)[O-])N2CCN(C(C)C(=O)[O-])CCN(C(C)C(=O)[O-])Cc3cccc(c3)C2)C(=O)[O-])CC1. The van der Waals surface area contributed by atoms with Crippen molar-refractivity contribution in [2.45, 2.75) is 90.1 Å². The van der Waals surface area contributed by atoms with Crippen molar-refractivity contribution in [2.24, 2.45) is 0 Å². The van der Waals surface area contributed by atoms with Crippen molar-refractivity contribution in [3.05, 3.63) is 70.8 Å². The van der Waals surface area contributed by atoms with E-state index in [0.717, 1.165) is 22.3 Å². The Hall–Kier alpha value is -5.06. The van der Waals surface area contributed by atoms with Crippen LogP contribution in [0.4, 0.5) is 0 Å². The molecule has 0 saturated carbocycles. The Morgan fingerprint density at radius 3 is 0.968 bits per heavy atom. The third kappa shape index (κ3) is 15.0. The fourth-order valence-electron chi connectivity index (χ4n) is 7.95. The number of aliphatic carboxylic acids is 6. The van der Waals surface area contributed by atoms with Gasteiger partial charge in [-0.05, 0) is 49.9 Å². The fraction of sp³-hybridized carbons (Fsp3) is 0.581. The van der Waals surface area contributed by atoms with Crippen LogP contribution in [-0.4, -0.2) is 174 Å². The Labute approximate surface area is 367 Å². The predicted octanol–water partition coefficient (Wildman–Crippen LogP) is -7.85. The van der Waals surface area contributed by atoms with E-state index in [2.05, 4.69) is 10.6 Å². The fourth-order valence-corrected chi connectivity index (χ4v) is 7.95. The summed E-state index contributed by atoms with van der Waals surface area (Å²) in [5.41, 5.74) is 2.97. The number of rotatable bonds is 18. The van der Waals surface area contributed by atoms with Gasteiger partial charge in [0.1, 0.15) is 0 Å². The van der Waals surface area contributed by atoms with Crippen molar-refractivity contribution >= 4 is 35.8 Å². The van der Waals surface area contributed by atoms with Gasteiger partial charge in [0.25, 0.3) is 0 Å². The quantitative estimate of drug-likeness (QED) is 0.104. The first kappa shape index (κ1) is 50.6. The van der Waals surface area contributed by atoms with Crippen LogP contribution < -0.4 is 41.3 Å². The lowest BCUT2D eigenvalue weighted by Gasteiger charge is -2.39. The predicted molar refractivity (Wildman–Crippen MR) is 214 cm³/mol. The van der Waals surface area contributed by atoms with E-state index in [4.69, 9.17) is 0 Å². The van der Waals surface area contributed by atoms with Crippen LogP contribution in [-0.2, 0) is 54.9 Å². The van der Waals surface area contributed by atoms with Crippen LogP contribution in [0.15, 0.2) is 48.5 Å². The van der Waals surface area contributed by atoms with Gasteiger partial charge in [-0.1, -0.05) is 48.5 Å². The van der Waals surface area contributed by atoms with Gasteiger partial charge in [-0.15, -0.1) is 0 Å². The molecule has 2 aromatic rings. The zero-order chi connectivity index (χ0) is 46.4. The average molecular weight is 879 g/mol. The molecule has 0 aliphatic carbocycles. The number of nitrogens with zero attached hydrogens (tertiary/aromatic N) is 6. The standard InChI is InChI=1S/C43H64N8O12/c1-28(38(52)53)46-11-15-48(30(3)40(56)57)23-32-7-5-9-34(19-32)25-50(17-13-46)36(42(60)61)21-44-27-45-22-37(43(62)63)51-18-14-47(29(2)39(54)55)12-16-49(31(4)41(58)59)24-33-8-6-10-35(20-33)26-51/h5-10,19-20,28-31,36-37,44-45H,11-18,21-27H2,1-4H3,(H,52,53)(H,54,55)(H,56,57)(H,58,59)(H,60,61)(H,62,63)/p-6. The van der Waals surface area contributed by atoms with Gasteiger partial charge in [0, 0.05) is 122 Å². The lowest BCUT2D eigenvalue weighted by Crippen LogP contribution is -2.58. The molecule has 6 unspecified atom stereocenters. The monoisotopic (exact) mass is 878 g/mol. The molecule has 20 heteroatoms. The minimum Gasteiger partial charge on any atom is -0.548 e. The van der Waals surface area contributed by atoms with Crippen LogP contribution in [0.25, 0.3) is 0 Å². The molecule has 0 fully saturated rings. The maximum Gasteiger partial charge on any atom is 0.0623 e. The minimum absolute atomic E-state index is 0.0409. The Kier molecular flexibility index (Phi) is 19.4. The van der Waals surface area contributed by atoms with E-state index in [0.29, 0.717) is 0 Å². The van der Waals surface area contributed by atoms with Crippen LogP contribution in [0.5, 0.6) is 0 Å². The second-order valence-corrected chi connectivity index (χ2v) is 16.3. The molecule has 2 aliphatic rings. The Bertz CT molecular complexity index is 1760. The third-order valence-corrected chi connectivity index (χ3v) is 12.1. The van der Waals surface area contributed by atoms with Crippen LogP contribution in [0.3, 0.4) is 0 Å². The van der Waals surface area contributed by atoms with E-state index in [-0.39, 0.29) is 98.3 Å². The highest BCUT2D eigenvalue weighted by Gasteiger charge is 2.28. The summed E-state index contributed by atoms with van der Waals surface area (Å²) in [5, 5.41) is 79.2. The number of benzene rings is 2. The summed E-state index contributed by atoms with van der Waals surface area (Å²) in [5.74, 6) is -8.05. The molecule has 0 spiro atoms. The molecule has 20 nitrogen and oxygen atoms in total. The lowest BCUT2D eigenvalue weighted by atomic mass is 10.1. The zero-order valence-electron chi connectivity index (χ0n) is 36.3. The maximum absolute atomic E-state index is 12.7. The highest BCUT2D eigenvalue weighted by Crippen LogP contribution is 2.18. The number of carboxylic acids is 6. The largest absolute Gasteiger partial charge is 0.548 e. The average Bonchev–Trinajstić information content (AvgIpc) is 3.22. The van der Waals surface area contributed by atoms with E-state index < -0.39 is 72.1 Å². The molecule has 4 rings (SSSR count). The Morgan fingerprint density at radius 2 is 0.683 bits per heavy atom. The van der Waals surface area contributed by atoms with Crippen LogP contribution >= 0.6 is 0 Å². The highest BCUT2D eigenvalue weighted by atomic mass is 16.4. The minimum atomic E-state index is -1.40. The van der Waals surface area contributed by atoms with Gasteiger partial charge in [0.15, 0.2) is 0 Å². The number of carbonyl (C=O) groups is 6. The Morgan fingerprint density at radius 1 is 0.429 bits per heavy atom. The molecular weight excluding hydrogens is 821 g/mol. The summed E-state index contributed by atoms with van der Waals surface area (Å²) in [7, 11) is 0. The molecule has 348 valence electrons. The first-order valence-electron chi connectivity index (χ1n) is 21.1. The molecule has 2 aliphatic heterocycles. The highest BCUT2D eigenvalue weighted by molar-refractivity contribution is 5.73. The van der Waals surface area contributed by atoms with Gasteiger partial charge in [-0.3, -0.25) is 29.4 Å². The van der Waals surface area contributed by atoms with E-state index in [1.165, 1.54) is 27.7 Å². The third-order valence-electron chi connectivity index (χ3n) is 12.1. The normalized spacial score (nSPS) is 20.3. The second kappa shape index (κ2) is 24.1. The molecule has 63 heavy (non-hydrogen) atoms. The van der Waals surface area contributed by atoms with Gasteiger partial charge < -0.3 is 70.0 Å². The number of hydrogen-bond donors (Lipinski definition) is 2. The molecule has 0 aromatic heterocycles. The lowest BCUT2D eigenvalue weighted by molar-refractivity contribution is -0.314. The van der Waals surface area contributed by atoms with E-state index >= 15 is 0 Å². The summed E-state index contributed by atoms with van der Waals surface area (Å²) < 4.78 is 0. The van der Waals surface area contributed by atoms with Crippen molar-refractivity contribution in [1.29, 1.82) is 0 Å². The van der Waals surface area contributed by atoms with Crippen molar-refractivity contribution < 1.29 is 59.4 Å². The zero-order valence-corrected chi connectivity index (χ0v) is 36.3. The van der Waals surface area contributed by atoms with Crippen molar-refractivity contribution in [1.82, 2.24) is 40.0 Å². The summed E-state index contributed by atoms with van der Waals surface area (Å²) in [6.07, 6.45) is 0. The molecule has 0 amide bonds. The molecular formula is C43H58N8O12-6. The molecule has 6 atom stereocenters. The van der Waals surface area contributed by atoms with Gasteiger partial charge in [-0.2, -0.15) is 0 Å². The van der Waals surface area contributed by atoms with E-state index in [9.17, 15) is 59.4 Å². The van der Waals surface area contributed by atoms with E-state index in [1.807, 2.05) is 24.3 Å². The van der Waals surface area contributed by atoms with Crippen molar-refractivity contribution in [3.8, 4) is 0 Å². The van der Waals surface area contributed by atoms with Crippen LogP contribution in [0.2, 0.25) is 0 Å². The maximum atomic E-state index is 12.7. The molecule has 0 saturated heterocycles. The van der Waals surface area contributed by atoms with Crippen molar-refractivity contribution in [2.75, 3.05) is 72.1 Å². The number of nitrogens with one attached hydrogen (secondary N) is 2. The van der Waals surface area contributed by atoms with Crippen LogP contribution in [0.1, 0.15) is 49.9 Å². The summed E-state index contributed by atoms with van der Waals surface area (Å²) >= 11 is 0. The number of hydrogen-bond acceptors (Lipinski definition) is 20. The van der Waals surface area contributed by atoms with Gasteiger partial charge >= 0.3 is 0 Å². The van der Waals surface area contributed by atoms with Gasteiger partial charge in [0.05, 0.1) is 47.9 Å². The number of carboxylic acid groups (broad SMARTS) is 6. The summed E-state index contributed by atoms with van der Waals surface area (Å²) in [6, 6.07) is 7.96. The van der Waals surface area contributed by atoms with E-state index in [1.54, 1.807) is 53.7 Å². The van der Waals surface area contributed by atoms with Crippen molar-refractivity contribution in [3.63, 3.8) is 0 Å². The number of fused-ring (bicyclic) bond motifs is 4. The summed E-state index contributed by atoms with van der Waals surface area (Å²) in [6.45, 7) is 7.16. The first-order chi connectivity index (χ1) is 29.9. The smallest absolute Gasteiger partial charge is 0.0623 e.